The number of carbonyl (C=O) groups is 1. The second-order valence-electron chi connectivity index (χ2n) is 8.65. The van der Waals surface area contributed by atoms with Gasteiger partial charge < -0.3 is 20.7 Å². The highest BCUT2D eigenvalue weighted by Gasteiger charge is 2.47. The lowest BCUT2D eigenvalue weighted by molar-refractivity contribution is -0.212. The number of fused-ring (bicyclic) bond motifs is 1. The standard InChI is InChI=1S/C25H26N4O4/c26-25(32)21-19(15-9-6-12-27-13-15)28-20(18(29-21)14-7-2-1-3-8-14)24-23(31)22(30)16-10-4-5-11-17(16)33-24/h1-3,6-9,12-13,16-17,22-24,30-31H,4-5,10-11H2,(H2,26,32). The van der Waals surface area contributed by atoms with Crippen molar-refractivity contribution in [2.45, 2.75) is 50.1 Å². The quantitative estimate of drug-likeness (QED) is 0.561. The summed E-state index contributed by atoms with van der Waals surface area (Å²) in [6, 6.07) is 12.8. The molecule has 8 nitrogen and oxygen atoms in total. The van der Waals surface area contributed by atoms with Gasteiger partial charge in [-0.2, -0.15) is 0 Å². The van der Waals surface area contributed by atoms with Crippen LogP contribution in [0.1, 0.15) is 48.0 Å². The van der Waals surface area contributed by atoms with Crippen LogP contribution in [0, 0.1) is 5.92 Å². The Bertz CT molecular complexity index is 1140. The van der Waals surface area contributed by atoms with Gasteiger partial charge in [-0.1, -0.05) is 43.2 Å². The van der Waals surface area contributed by atoms with E-state index >= 15 is 0 Å². The largest absolute Gasteiger partial charge is 0.390 e. The molecule has 5 rings (SSSR count). The fourth-order valence-electron chi connectivity index (χ4n) is 4.94. The average molecular weight is 447 g/mol. The minimum Gasteiger partial charge on any atom is -0.390 e. The van der Waals surface area contributed by atoms with Crippen LogP contribution in [0.4, 0.5) is 0 Å². The summed E-state index contributed by atoms with van der Waals surface area (Å²) in [5.74, 6) is -0.830. The third-order valence-corrected chi connectivity index (χ3v) is 6.58. The van der Waals surface area contributed by atoms with Crippen molar-refractivity contribution in [3.63, 3.8) is 0 Å². The van der Waals surface area contributed by atoms with Crippen LogP contribution in [-0.2, 0) is 4.74 Å². The van der Waals surface area contributed by atoms with Crippen molar-refractivity contribution < 1.29 is 19.7 Å². The van der Waals surface area contributed by atoms with E-state index in [1.807, 2.05) is 30.3 Å². The Morgan fingerprint density at radius 2 is 1.70 bits per heavy atom. The molecule has 0 bridgehead atoms. The normalized spacial score (nSPS) is 27.0. The predicted octanol–water partition coefficient (Wildman–Crippen LogP) is 2.66. The summed E-state index contributed by atoms with van der Waals surface area (Å²) in [7, 11) is 0. The summed E-state index contributed by atoms with van der Waals surface area (Å²) >= 11 is 0. The van der Waals surface area contributed by atoms with Crippen LogP contribution in [0.5, 0.6) is 0 Å². The number of benzene rings is 1. The van der Waals surface area contributed by atoms with Crippen molar-refractivity contribution >= 4 is 5.91 Å². The summed E-state index contributed by atoms with van der Waals surface area (Å²) < 4.78 is 6.37. The lowest BCUT2D eigenvalue weighted by Gasteiger charge is -2.45. The molecule has 170 valence electrons. The molecule has 0 spiro atoms. The first kappa shape index (κ1) is 21.6. The summed E-state index contributed by atoms with van der Waals surface area (Å²) in [6.07, 6.45) is 3.65. The van der Waals surface area contributed by atoms with Crippen molar-refractivity contribution in [1.29, 1.82) is 0 Å². The van der Waals surface area contributed by atoms with E-state index in [9.17, 15) is 15.0 Å². The number of hydrogen-bond acceptors (Lipinski definition) is 7. The number of primary amides is 1. The first-order valence-corrected chi connectivity index (χ1v) is 11.2. The maximum absolute atomic E-state index is 12.3. The van der Waals surface area contributed by atoms with Gasteiger partial charge in [0.1, 0.15) is 17.9 Å². The van der Waals surface area contributed by atoms with E-state index in [1.54, 1.807) is 24.5 Å². The minimum atomic E-state index is -1.18. The zero-order valence-electron chi connectivity index (χ0n) is 18.0. The van der Waals surface area contributed by atoms with Gasteiger partial charge in [0.05, 0.1) is 23.6 Å². The average Bonchev–Trinajstić information content (AvgIpc) is 2.86. The molecule has 2 fully saturated rings. The molecule has 0 radical (unpaired) electrons. The van der Waals surface area contributed by atoms with Crippen LogP contribution in [-0.4, -0.2) is 49.4 Å². The number of amides is 1. The topological polar surface area (TPSA) is 131 Å². The van der Waals surface area contributed by atoms with E-state index in [-0.39, 0.29) is 23.4 Å². The Morgan fingerprint density at radius 1 is 0.939 bits per heavy atom. The van der Waals surface area contributed by atoms with E-state index in [2.05, 4.69) is 9.97 Å². The van der Waals surface area contributed by atoms with Crippen LogP contribution in [0.2, 0.25) is 0 Å². The lowest BCUT2D eigenvalue weighted by Crippen LogP contribution is -2.52. The predicted molar refractivity (Wildman–Crippen MR) is 121 cm³/mol. The fraction of sp³-hybridized carbons (Fsp3) is 0.360. The van der Waals surface area contributed by atoms with Crippen molar-refractivity contribution in [2.24, 2.45) is 11.7 Å². The van der Waals surface area contributed by atoms with Crippen LogP contribution in [0.3, 0.4) is 0 Å². The number of ether oxygens (including phenoxy) is 1. The van der Waals surface area contributed by atoms with E-state index in [0.717, 1.165) is 25.7 Å². The molecule has 5 atom stereocenters. The van der Waals surface area contributed by atoms with Crippen LogP contribution in [0.25, 0.3) is 22.5 Å². The Morgan fingerprint density at radius 3 is 2.42 bits per heavy atom. The van der Waals surface area contributed by atoms with Gasteiger partial charge >= 0.3 is 0 Å². The van der Waals surface area contributed by atoms with Gasteiger partial charge in [0.25, 0.3) is 5.91 Å². The molecule has 5 unspecified atom stereocenters. The summed E-state index contributed by atoms with van der Waals surface area (Å²) in [5.41, 5.74) is 7.98. The maximum Gasteiger partial charge on any atom is 0.269 e. The molecule has 2 aromatic heterocycles. The molecule has 3 heterocycles. The highest BCUT2D eigenvalue weighted by molar-refractivity contribution is 5.97. The number of nitrogens with zero attached hydrogens (tertiary/aromatic N) is 3. The Balaban J connectivity index is 1.70. The monoisotopic (exact) mass is 446 g/mol. The zero-order chi connectivity index (χ0) is 22.9. The van der Waals surface area contributed by atoms with Gasteiger partial charge in [-0.25, -0.2) is 9.97 Å². The van der Waals surface area contributed by atoms with E-state index in [4.69, 9.17) is 15.5 Å². The molecule has 2 aliphatic rings. The number of aliphatic hydroxyl groups excluding tert-OH is 2. The van der Waals surface area contributed by atoms with Gasteiger partial charge in [0.15, 0.2) is 5.69 Å². The van der Waals surface area contributed by atoms with Crippen LogP contribution < -0.4 is 5.73 Å². The minimum absolute atomic E-state index is 0.00648. The molecular formula is C25H26N4O4. The highest BCUT2D eigenvalue weighted by Crippen LogP contribution is 2.43. The fourth-order valence-corrected chi connectivity index (χ4v) is 4.94. The van der Waals surface area contributed by atoms with Gasteiger partial charge in [-0.15, -0.1) is 0 Å². The number of rotatable bonds is 4. The number of aromatic nitrogens is 3. The van der Waals surface area contributed by atoms with Crippen LogP contribution in [0.15, 0.2) is 54.9 Å². The lowest BCUT2D eigenvalue weighted by atomic mass is 9.77. The van der Waals surface area contributed by atoms with Crippen LogP contribution >= 0.6 is 0 Å². The molecular weight excluding hydrogens is 420 g/mol. The van der Waals surface area contributed by atoms with Crippen molar-refractivity contribution in [2.75, 3.05) is 0 Å². The molecule has 1 saturated heterocycles. The third-order valence-electron chi connectivity index (χ3n) is 6.58. The van der Waals surface area contributed by atoms with E-state index in [1.165, 1.54) is 0 Å². The van der Waals surface area contributed by atoms with Gasteiger partial charge in [0, 0.05) is 29.4 Å². The first-order valence-electron chi connectivity index (χ1n) is 11.2. The number of nitrogens with two attached hydrogens (primary N) is 1. The third kappa shape index (κ3) is 4.01. The second-order valence-corrected chi connectivity index (χ2v) is 8.65. The van der Waals surface area contributed by atoms with Crippen molar-refractivity contribution in [3.05, 3.63) is 66.2 Å². The van der Waals surface area contributed by atoms with Gasteiger partial charge in [-0.3, -0.25) is 9.78 Å². The summed E-state index contributed by atoms with van der Waals surface area (Å²) in [6.45, 7) is 0. The van der Waals surface area contributed by atoms with Crippen molar-refractivity contribution in [1.82, 2.24) is 15.0 Å². The number of carbonyl (C=O) groups excluding carboxylic acids is 1. The summed E-state index contributed by atoms with van der Waals surface area (Å²) in [5, 5.41) is 22.0. The number of pyridine rings is 1. The van der Waals surface area contributed by atoms with Crippen molar-refractivity contribution in [3.8, 4) is 22.5 Å². The molecule has 1 aliphatic carbocycles. The number of hydrogen-bond donors (Lipinski definition) is 3. The number of aliphatic hydroxyl groups is 2. The molecule has 1 amide bonds. The molecule has 3 aromatic rings. The molecule has 1 aliphatic heterocycles. The molecule has 33 heavy (non-hydrogen) atoms. The zero-order valence-corrected chi connectivity index (χ0v) is 18.0. The first-order chi connectivity index (χ1) is 16.0. The Hall–Kier alpha value is -3.20. The van der Waals surface area contributed by atoms with Gasteiger partial charge in [0.2, 0.25) is 0 Å². The maximum atomic E-state index is 12.3. The Labute approximate surface area is 191 Å². The Kier molecular flexibility index (Phi) is 5.88. The molecule has 4 N–H and O–H groups in total. The second kappa shape index (κ2) is 8.97. The molecule has 1 saturated carbocycles. The highest BCUT2D eigenvalue weighted by atomic mass is 16.5. The molecule has 1 aromatic carbocycles. The van der Waals surface area contributed by atoms with Gasteiger partial charge in [-0.05, 0) is 25.0 Å². The SMILES string of the molecule is NC(=O)c1nc(-c2ccccc2)c(C2OC3CCCCC3C(O)C2O)nc1-c1cccnc1. The summed E-state index contributed by atoms with van der Waals surface area (Å²) in [4.78, 5) is 25.9. The van der Waals surface area contributed by atoms with E-state index < -0.39 is 24.2 Å². The molecule has 8 heteroatoms. The van der Waals surface area contributed by atoms with E-state index in [0.29, 0.717) is 22.5 Å². The smallest absolute Gasteiger partial charge is 0.269 e.